The summed E-state index contributed by atoms with van der Waals surface area (Å²) in [6.07, 6.45) is 0. The van der Waals surface area contributed by atoms with Crippen molar-refractivity contribution in [3.8, 4) is 0 Å². The summed E-state index contributed by atoms with van der Waals surface area (Å²) < 4.78 is 0. The molecule has 1 aliphatic heterocycles. The van der Waals surface area contributed by atoms with Crippen molar-refractivity contribution in [3.63, 3.8) is 0 Å². The van der Waals surface area contributed by atoms with Gasteiger partial charge in [-0.3, -0.25) is 9.80 Å². The molecule has 40 heavy (non-hydrogen) atoms. The predicted octanol–water partition coefficient (Wildman–Crippen LogP) is 8.60. The number of benzene rings is 4. The quantitative estimate of drug-likeness (QED) is 0.246. The van der Waals surface area contributed by atoms with E-state index in [1.54, 1.807) is 34.1 Å². The number of hydrogen-bond acceptors (Lipinski definition) is 2. The highest BCUT2D eigenvalue weighted by Gasteiger charge is 2.39. The van der Waals surface area contributed by atoms with E-state index in [2.05, 4.69) is 0 Å². The highest BCUT2D eigenvalue weighted by Crippen LogP contribution is 2.33. The summed E-state index contributed by atoms with van der Waals surface area (Å²) >= 11 is 12.6. The first-order valence-electron chi connectivity index (χ1n) is 13.2. The monoisotopic (exact) mass is 572 g/mol. The summed E-state index contributed by atoms with van der Waals surface area (Å²) in [4.78, 5) is 35.3. The summed E-state index contributed by atoms with van der Waals surface area (Å²) in [5.41, 5.74) is 2.84. The maximum absolute atomic E-state index is 14.1. The highest BCUT2D eigenvalue weighted by molar-refractivity contribution is 6.31. The fourth-order valence-electron chi connectivity index (χ4n) is 5.04. The van der Waals surface area contributed by atoms with E-state index in [0.29, 0.717) is 34.5 Å². The van der Waals surface area contributed by atoms with E-state index in [1.807, 2.05) is 109 Å². The average Bonchev–Trinajstić information content (AvgIpc) is 2.95. The SMILES string of the molecule is CC1CN(C(=O)N(c2ccccc2)c2cccc(Cl)c2)C(C)CN1C(=O)N(c1ccccc1)c1cccc(Cl)c1. The fraction of sp³-hybridized carbons (Fsp3) is 0.188. The lowest BCUT2D eigenvalue weighted by Crippen LogP contribution is -2.62. The topological polar surface area (TPSA) is 47.1 Å². The van der Waals surface area contributed by atoms with Crippen LogP contribution in [0.25, 0.3) is 0 Å². The molecule has 1 heterocycles. The zero-order chi connectivity index (χ0) is 28.2. The number of halogens is 2. The van der Waals surface area contributed by atoms with E-state index in [9.17, 15) is 9.59 Å². The Morgan fingerprint density at radius 2 is 0.925 bits per heavy atom. The molecule has 6 nitrogen and oxygen atoms in total. The van der Waals surface area contributed by atoms with Crippen LogP contribution in [0, 0.1) is 0 Å². The van der Waals surface area contributed by atoms with Gasteiger partial charge >= 0.3 is 12.1 Å². The molecule has 1 aliphatic rings. The lowest BCUT2D eigenvalue weighted by Gasteiger charge is -2.46. The van der Waals surface area contributed by atoms with Crippen LogP contribution in [-0.2, 0) is 0 Å². The van der Waals surface area contributed by atoms with Crippen LogP contribution < -0.4 is 9.80 Å². The van der Waals surface area contributed by atoms with Gasteiger partial charge in [-0.2, -0.15) is 0 Å². The molecule has 204 valence electrons. The number of para-hydroxylation sites is 2. The van der Waals surface area contributed by atoms with Crippen LogP contribution in [0.15, 0.2) is 109 Å². The Kier molecular flexibility index (Phi) is 8.29. The van der Waals surface area contributed by atoms with Crippen LogP contribution in [0.1, 0.15) is 13.8 Å². The number of carbonyl (C=O) groups excluding carboxylic acids is 2. The van der Waals surface area contributed by atoms with Gasteiger partial charge < -0.3 is 9.80 Å². The standard InChI is InChI=1S/C32H30Cl2N4O2/c1-23-21-36(32(40)38(28-15-7-4-8-16-28)30-18-10-12-26(34)20-30)24(2)22-35(23)31(39)37(27-13-5-3-6-14-27)29-17-9-11-25(33)19-29/h3-20,23-24H,21-22H2,1-2H3. The third kappa shape index (κ3) is 5.79. The number of piperazine rings is 1. The van der Waals surface area contributed by atoms with Crippen LogP contribution in [0.2, 0.25) is 10.0 Å². The zero-order valence-corrected chi connectivity index (χ0v) is 23.8. The first kappa shape index (κ1) is 27.6. The molecule has 0 bridgehead atoms. The van der Waals surface area contributed by atoms with E-state index in [1.165, 1.54) is 0 Å². The van der Waals surface area contributed by atoms with Gasteiger partial charge in [0.2, 0.25) is 0 Å². The van der Waals surface area contributed by atoms with Crippen LogP contribution in [0.3, 0.4) is 0 Å². The lowest BCUT2D eigenvalue weighted by atomic mass is 10.1. The van der Waals surface area contributed by atoms with Crippen molar-refractivity contribution in [2.45, 2.75) is 25.9 Å². The molecule has 2 unspecified atom stereocenters. The molecule has 1 saturated heterocycles. The maximum atomic E-state index is 14.1. The first-order valence-corrected chi connectivity index (χ1v) is 13.9. The van der Waals surface area contributed by atoms with Crippen LogP contribution in [0.5, 0.6) is 0 Å². The molecule has 4 aromatic rings. The minimum atomic E-state index is -0.241. The number of anilines is 4. The molecule has 0 aliphatic carbocycles. The van der Waals surface area contributed by atoms with Crippen molar-refractivity contribution in [3.05, 3.63) is 119 Å². The second-order valence-corrected chi connectivity index (χ2v) is 10.7. The van der Waals surface area contributed by atoms with Crippen LogP contribution in [0.4, 0.5) is 32.3 Å². The third-order valence-corrected chi connectivity index (χ3v) is 7.49. The van der Waals surface area contributed by atoms with Crippen molar-refractivity contribution >= 4 is 58.0 Å². The van der Waals surface area contributed by atoms with Crippen LogP contribution >= 0.6 is 23.2 Å². The summed E-state index contributed by atoms with van der Waals surface area (Å²) in [6.45, 7) is 4.68. The summed E-state index contributed by atoms with van der Waals surface area (Å²) in [5.74, 6) is 0. The molecule has 0 radical (unpaired) electrons. The lowest BCUT2D eigenvalue weighted by molar-refractivity contribution is 0.0882. The number of rotatable bonds is 4. The van der Waals surface area contributed by atoms with Crippen molar-refractivity contribution < 1.29 is 9.59 Å². The molecule has 0 N–H and O–H groups in total. The molecule has 0 spiro atoms. The minimum absolute atomic E-state index is 0.172. The highest BCUT2D eigenvalue weighted by atomic mass is 35.5. The molecule has 8 heteroatoms. The smallest absolute Gasteiger partial charge is 0.318 e. The van der Waals surface area contributed by atoms with Gasteiger partial charge in [0.05, 0.1) is 22.7 Å². The first-order chi connectivity index (χ1) is 19.3. The van der Waals surface area contributed by atoms with Gasteiger partial charge in [-0.25, -0.2) is 9.59 Å². The Balaban J connectivity index is 1.43. The largest absolute Gasteiger partial charge is 0.329 e. The number of urea groups is 2. The molecular formula is C32H30Cl2N4O2. The van der Waals surface area contributed by atoms with E-state index in [-0.39, 0.29) is 24.1 Å². The van der Waals surface area contributed by atoms with E-state index in [0.717, 1.165) is 11.4 Å². The van der Waals surface area contributed by atoms with E-state index in [4.69, 9.17) is 23.2 Å². The number of amides is 4. The van der Waals surface area contributed by atoms with E-state index >= 15 is 0 Å². The van der Waals surface area contributed by atoms with Crippen molar-refractivity contribution in [2.75, 3.05) is 22.9 Å². The van der Waals surface area contributed by atoms with E-state index < -0.39 is 0 Å². The predicted molar refractivity (Wildman–Crippen MR) is 163 cm³/mol. The molecule has 0 aromatic heterocycles. The average molecular weight is 574 g/mol. The zero-order valence-electron chi connectivity index (χ0n) is 22.3. The van der Waals surface area contributed by atoms with Gasteiger partial charge in [-0.15, -0.1) is 0 Å². The third-order valence-electron chi connectivity index (χ3n) is 7.02. The number of nitrogens with zero attached hydrogens (tertiary/aromatic N) is 4. The molecule has 4 amide bonds. The summed E-state index contributed by atoms with van der Waals surface area (Å²) in [6, 6.07) is 32.7. The Hall–Kier alpha value is -4.00. The summed E-state index contributed by atoms with van der Waals surface area (Å²) in [7, 11) is 0. The molecule has 4 aromatic carbocycles. The van der Waals surface area contributed by atoms with Crippen molar-refractivity contribution in [1.82, 2.24) is 9.80 Å². The maximum Gasteiger partial charge on any atom is 0.329 e. The summed E-state index contributed by atoms with van der Waals surface area (Å²) in [5, 5.41) is 1.09. The second kappa shape index (κ2) is 12.0. The number of hydrogen-bond donors (Lipinski definition) is 0. The van der Waals surface area contributed by atoms with Gasteiger partial charge in [0.1, 0.15) is 0 Å². The van der Waals surface area contributed by atoms with Crippen LogP contribution in [-0.4, -0.2) is 47.0 Å². The van der Waals surface area contributed by atoms with Gasteiger partial charge in [0.15, 0.2) is 0 Å². The normalized spacial score (nSPS) is 16.9. The van der Waals surface area contributed by atoms with Crippen molar-refractivity contribution in [1.29, 1.82) is 0 Å². The minimum Gasteiger partial charge on any atom is -0.318 e. The molecular weight excluding hydrogens is 543 g/mol. The van der Waals surface area contributed by atoms with Crippen molar-refractivity contribution in [2.24, 2.45) is 0 Å². The molecule has 1 fully saturated rings. The van der Waals surface area contributed by atoms with Gasteiger partial charge in [0, 0.05) is 35.2 Å². The Bertz CT molecular complexity index is 1370. The van der Waals surface area contributed by atoms with Gasteiger partial charge in [0.25, 0.3) is 0 Å². The number of carbonyl (C=O) groups is 2. The molecule has 5 rings (SSSR count). The Labute approximate surface area is 244 Å². The van der Waals surface area contributed by atoms with Gasteiger partial charge in [-0.1, -0.05) is 71.7 Å². The molecule has 0 saturated carbocycles. The Morgan fingerprint density at radius 1 is 0.575 bits per heavy atom. The second-order valence-electron chi connectivity index (χ2n) is 9.87. The molecule has 2 atom stereocenters. The van der Waals surface area contributed by atoms with Gasteiger partial charge in [-0.05, 0) is 74.5 Å². The Morgan fingerprint density at radius 3 is 1.27 bits per heavy atom. The fourth-order valence-corrected chi connectivity index (χ4v) is 5.41.